The molecule has 4 heterocycles. The Morgan fingerprint density at radius 3 is 1.28 bits per heavy atom. The highest BCUT2D eigenvalue weighted by molar-refractivity contribution is 6.90. The molecule has 14 rings (SSSR count). The summed E-state index contributed by atoms with van der Waals surface area (Å²) in [6.45, 7) is 23.0. The second kappa shape index (κ2) is 16.2. The molecule has 0 fully saturated rings. The molecule has 0 aliphatic carbocycles. The van der Waals surface area contributed by atoms with Crippen LogP contribution in [-0.2, 0) is 10.8 Å². The molecular formula is C72H61BN2. The van der Waals surface area contributed by atoms with Crippen LogP contribution in [0.2, 0.25) is 0 Å². The first-order valence-electron chi connectivity index (χ1n) is 26.9. The van der Waals surface area contributed by atoms with Crippen molar-refractivity contribution in [3.8, 4) is 72.4 Å². The summed E-state index contributed by atoms with van der Waals surface area (Å²) < 4.78 is 5.42. The number of aryl methyl sites for hydroxylation is 4. The third-order valence-electron chi connectivity index (χ3n) is 17.1. The zero-order valence-corrected chi connectivity index (χ0v) is 44.9. The van der Waals surface area contributed by atoms with Gasteiger partial charge in [0.1, 0.15) is 0 Å². The first-order valence-corrected chi connectivity index (χ1v) is 26.9. The summed E-state index contributed by atoms with van der Waals surface area (Å²) in [6, 6.07) is 72.7. The predicted molar refractivity (Wildman–Crippen MR) is 323 cm³/mol. The normalized spacial score (nSPS) is 12.9. The fraction of sp³-hybridized carbons (Fsp3) is 0.167. The molecule has 0 amide bonds. The van der Waals surface area contributed by atoms with Crippen LogP contribution in [-0.4, -0.2) is 15.9 Å². The Balaban J connectivity index is 1.18. The van der Waals surface area contributed by atoms with E-state index < -0.39 is 0 Å². The highest BCUT2D eigenvalue weighted by Gasteiger charge is 2.43. The maximum absolute atomic E-state index is 2.75. The number of fused-ring (bicyclic) bond motifs is 10. The minimum absolute atomic E-state index is 0.0406. The van der Waals surface area contributed by atoms with Gasteiger partial charge in [0.2, 0.25) is 0 Å². The Morgan fingerprint density at radius 1 is 0.333 bits per heavy atom. The summed E-state index contributed by atoms with van der Waals surface area (Å²) >= 11 is 0. The lowest BCUT2D eigenvalue weighted by Crippen LogP contribution is -2.55. The number of rotatable bonds is 5. The van der Waals surface area contributed by atoms with Gasteiger partial charge in [0, 0.05) is 43.8 Å². The lowest BCUT2D eigenvalue weighted by molar-refractivity contribution is 0.569. The summed E-state index contributed by atoms with van der Waals surface area (Å²) in [4.78, 5) is 0. The first-order chi connectivity index (χ1) is 36.1. The second-order valence-corrected chi connectivity index (χ2v) is 24.0. The minimum atomic E-state index is -0.115. The van der Waals surface area contributed by atoms with Crippen LogP contribution in [0.25, 0.3) is 116 Å². The van der Waals surface area contributed by atoms with Crippen LogP contribution >= 0.6 is 0 Å². The fourth-order valence-corrected chi connectivity index (χ4v) is 13.1. The van der Waals surface area contributed by atoms with Crippen LogP contribution in [0.4, 0.5) is 0 Å². The standard InChI is InChI=1S/C72H61BN2/c1-42-19-11-15-23-54(42)46-27-29-65-58(33-46)62-38-51(57-26-18-14-22-45(57)4)39-64-70(62)74(65)67-40-49(48-31-52(71(5,6)7)41-53(32-48)72(8,9)10)35-60-63-37-50(56-25-17-13-21-44(56)3)36-61-59-34-47(55-24-16-12-20-43(55)2)28-30-66(59)75(69(61)63)73(64)68(60)67/h11-41H,1-10H3. The van der Waals surface area contributed by atoms with Gasteiger partial charge in [-0.2, -0.15) is 0 Å². The van der Waals surface area contributed by atoms with E-state index in [2.05, 4.69) is 266 Å². The van der Waals surface area contributed by atoms with Gasteiger partial charge in [-0.05, 0) is 199 Å². The highest BCUT2D eigenvalue weighted by Crippen LogP contribution is 2.49. The zero-order chi connectivity index (χ0) is 51.4. The van der Waals surface area contributed by atoms with E-state index in [4.69, 9.17) is 0 Å². The van der Waals surface area contributed by atoms with Gasteiger partial charge >= 0.3 is 6.85 Å². The summed E-state index contributed by atoms with van der Waals surface area (Å²) in [5.41, 5.74) is 31.9. The maximum atomic E-state index is 2.75. The molecule has 0 unspecified atom stereocenters. The van der Waals surface area contributed by atoms with Gasteiger partial charge < -0.3 is 9.05 Å². The van der Waals surface area contributed by atoms with E-state index in [0.29, 0.717) is 0 Å². The van der Waals surface area contributed by atoms with Gasteiger partial charge in [-0.1, -0.05) is 175 Å². The number of hydrogen-bond donors (Lipinski definition) is 0. The van der Waals surface area contributed by atoms with Crippen molar-refractivity contribution in [2.75, 3.05) is 0 Å². The molecule has 0 saturated heterocycles. The topological polar surface area (TPSA) is 9.86 Å². The van der Waals surface area contributed by atoms with Crippen molar-refractivity contribution in [2.24, 2.45) is 0 Å². The Hall–Kier alpha value is -8.14. The lowest BCUT2D eigenvalue weighted by atomic mass is 9.45. The van der Waals surface area contributed by atoms with Crippen molar-refractivity contribution in [3.63, 3.8) is 0 Å². The average molecular weight is 965 g/mol. The smallest absolute Gasteiger partial charge is 0.333 e. The van der Waals surface area contributed by atoms with Gasteiger partial charge in [-0.3, -0.25) is 0 Å². The summed E-state index contributed by atoms with van der Waals surface area (Å²) in [6.07, 6.45) is 0. The molecule has 0 saturated carbocycles. The van der Waals surface area contributed by atoms with Crippen molar-refractivity contribution < 1.29 is 0 Å². The summed E-state index contributed by atoms with van der Waals surface area (Å²) in [5, 5.41) is 5.13. The van der Waals surface area contributed by atoms with Crippen molar-refractivity contribution in [1.29, 1.82) is 0 Å². The number of benzene rings is 10. The summed E-state index contributed by atoms with van der Waals surface area (Å²) in [5.74, 6) is 0. The van der Waals surface area contributed by atoms with Crippen LogP contribution in [0.15, 0.2) is 188 Å². The monoisotopic (exact) mass is 964 g/mol. The van der Waals surface area contributed by atoms with E-state index in [1.54, 1.807) is 0 Å². The Morgan fingerprint density at radius 2 is 0.760 bits per heavy atom. The Labute approximate surface area is 442 Å². The molecule has 0 atom stereocenters. The molecule has 0 N–H and O–H groups in total. The maximum Gasteiger partial charge on any atom is 0.333 e. The zero-order valence-electron chi connectivity index (χ0n) is 44.9. The molecule has 12 aromatic rings. The molecule has 2 aromatic heterocycles. The lowest BCUT2D eigenvalue weighted by Gasteiger charge is -2.35. The third kappa shape index (κ3) is 6.86. The first kappa shape index (κ1) is 45.5. The molecule has 0 bridgehead atoms. The molecule has 10 aromatic carbocycles. The number of nitrogens with zero attached hydrogens (tertiary/aromatic N) is 2. The Kier molecular flexibility index (Phi) is 9.81. The molecular weight excluding hydrogens is 904 g/mol. The molecule has 75 heavy (non-hydrogen) atoms. The van der Waals surface area contributed by atoms with E-state index in [0.717, 1.165) is 0 Å². The fourth-order valence-electron chi connectivity index (χ4n) is 13.1. The molecule has 2 nitrogen and oxygen atoms in total. The second-order valence-electron chi connectivity index (χ2n) is 24.0. The largest absolute Gasteiger partial charge is 0.375 e. The average Bonchev–Trinajstić information content (AvgIpc) is 4.17. The van der Waals surface area contributed by atoms with E-state index in [1.165, 1.54) is 160 Å². The van der Waals surface area contributed by atoms with Gasteiger partial charge in [-0.15, -0.1) is 0 Å². The predicted octanol–water partition coefficient (Wildman–Crippen LogP) is 18.0. The molecule has 2 aliphatic rings. The summed E-state index contributed by atoms with van der Waals surface area (Å²) in [7, 11) is 0. The highest BCUT2D eigenvalue weighted by atomic mass is 15.0. The van der Waals surface area contributed by atoms with Crippen molar-refractivity contribution in [3.05, 3.63) is 221 Å². The van der Waals surface area contributed by atoms with Gasteiger partial charge in [-0.25, -0.2) is 0 Å². The quantitative estimate of drug-likeness (QED) is 0.152. The van der Waals surface area contributed by atoms with Gasteiger partial charge in [0.25, 0.3) is 0 Å². The van der Waals surface area contributed by atoms with Crippen molar-refractivity contribution in [2.45, 2.75) is 80.1 Å². The van der Waals surface area contributed by atoms with Crippen LogP contribution in [0, 0.1) is 27.7 Å². The third-order valence-corrected chi connectivity index (χ3v) is 17.1. The molecule has 0 spiro atoms. The Bertz CT molecular complexity index is 4390. The van der Waals surface area contributed by atoms with Crippen molar-refractivity contribution in [1.82, 2.24) is 9.05 Å². The van der Waals surface area contributed by atoms with Crippen LogP contribution in [0.1, 0.15) is 74.9 Å². The van der Waals surface area contributed by atoms with Crippen LogP contribution in [0.3, 0.4) is 0 Å². The number of hydrogen-bond acceptors (Lipinski definition) is 0. The van der Waals surface area contributed by atoms with Gasteiger partial charge in [0.05, 0.1) is 11.0 Å². The molecule has 2 aliphatic heterocycles. The van der Waals surface area contributed by atoms with Gasteiger partial charge in [0.15, 0.2) is 0 Å². The molecule has 3 heteroatoms. The van der Waals surface area contributed by atoms with E-state index in [1.807, 2.05) is 0 Å². The molecule has 0 radical (unpaired) electrons. The van der Waals surface area contributed by atoms with Crippen molar-refractivity contribution >= 4 is 61.4 Å². The molecule has 362 valence electrons. The van der Waals surface area contributed by atoms with Crippen LogP contribution < -0.4 is 10.9 Å². The van der Waals surface area contributed by atoms with E-state index in [-0.39, 0.29) is 17.7 Å². The minimum Gasteiger partial charge on any atom is -0.375 e. The van der Waals surface area contributed by atoms with E-state index in [9.17, 15) is 0 Å². The van der Waals surface area contributed by atoms with E-state index >= 15 is 0 Å². The SMILES string of the molecule is Cc1ccccc1-c1ccc2c(c1)c1cc(-c3ccccc3C)cc3c1n2B1c2c-3cc(-c3cc(C(C)(C)C)cc(C(C)(C)C)c3)cc2-n2c3ccc(-c4ccccc4C)cc3c3cc(-c4ccccc4C)cc1c32. The van der Waals surface area contributed by atoms with Crippen LogP contribution in [0.5, 0.6) is 0 Å². The number of aromatic nitrogens is 2.